The topological polar surface area (TPSA) is 41.4 Å². The number of nitrogens with zero attached hydrogens (tertiary/aromatic N) is 4. The summed E-state index contributed by atoms with van der Waals surface area (Å²) in [7, 11) is 0. The molecule has 5 nitrogen and oxygen atoms in total. The van der Waals surface area contributed by atoms with Crippen LogP contribution < -0.4 is 4.90 Å². The summed E-state index contributed by atoms with van der Waals surface area (Å²) in [4.78, 5) is 20.6. The smallest absolute Gasteiger partial charge is 0.338 e. The second-order valence-electron chi connectivity index (χ2n) is 6.90. The summed E-state index contributed by atoms with van der Waals surface area (Å²) in [6.45, 7) is 1.51. The number of rotatable bonds is 3. The number of alkyl halides is 3. The fraction of sp³-hybridized carbons (Fsp3) is 0.238. The molecule has 1 aliphatic heterocycles. The van der Waals surface area contributed by atoms with E-state index in [1.54, 1.807) is 12.3 Å². The van der Waals surface area contributed by atoms with Gasteiger partial charge in [-0.25, -0.2) is 4.98 Å². The highest BCUT2D eigenvalue weighted by Gasteiger charge is 2.36. The summed E-state index contributed by atoms with van der Waals surface area (Å²) in [5, 5.41) is 0.603. The zero-order valence-electron chi connectivity index (χ0n) is 15.8. The first-order chi connectivity index (χ1) is 14.3. The van der Waals surface area contributed by atoms with Crippen LogP contribution in [-0.4, -0.2) is 46.5 Å². The number of imidazole rings is 1. The Morgan fingerprint density at radius 1 is 1.00 bits per heavy atom. The van der Waals surface area contributed by atoms with E-state index >= 15 is 0 Å². The molecule has 0 spiro atoms. The Hall–Kier alpha value is -3.00. The normalized spacial score (nSPS) is 14.8. The Balaban J connectivity index is 1.50. The van der Waals surface area contributed by atoms with E-state index in [9.17, 15) is 18.0 Å². The highest BCUT2D eigenvalue weighted by Crippen LogP contribution is 2.32. The fourth-order valence-electron chi connectivity index (χ4n) is 3.55. The number of halogens is 4. The maximum Gasteiger partial charge on any atom is 0.417 e. The van der Waals surface area contributed by atoms with E-state index in [4.69, 9.17) is 11.6 Å². The zero-order chi connectivity index (χ0) is 21.3. The number of aromatic nitrogens is 2. The van der Waals surface area contributed by atoms with Crippen LogP contribution in [0.2, 0.25) is 5.02 Å². The van der Waals surface area contributed by atoms with Crippen LogP contribution in [0.4, 0.5) is 19.1 Å². The number of anilines is 1. The molecule has 0 unspecified atom stereocenters. The maximum absolute atomic E-state index is 13.3. The van der Waals surface area contributed by atoms with Crippen molar-refractivity contribution in [3.8, 4) is 5.69 Å². The predicted molar refractivity (Wildman–Crippen MR) is 108 cm³/mol. The molecule has 1 fully saturated rings. The van der Waals surface area contributed by atoms with E-state index in [2.05, 4.69) is 4.98 Å². The van der Waals surface area contributed by atoms with Crippen LogP contribution in [-0.2, 0) is 6.18 Å². The molecule has 1 aliphatic rings. The number of benzene rings is 2. The summed E-state index contributed by atoms with van der Waals surface area (Å²) in [6, 6.07) is 12.2. The number of hydrogen-bond donors (Lipinski definition) is 0. The Labute approximate surface area is 176 Å². The lowest BCUT2D eigenvalue weighted by atomic mass is 10.1. The Bertz CT molecular complexity index is 1060. The average molecular weight is 435 g/mol. The number of carbonyl (C=O) groups excluding carboxylic acids is 1. The van der Waals surface area contributed by atoms with Crippen molar-refractivity contribution in [3.63, 3.8) is 0 Å². The van der Waals surface area contributed by atoms with Crippen LogP contribution >= 0.6 is 11.6 Å². The minimum Gasteiger partial charge on any atom is -0.338 e. The average Bonchev–Trinajstić information content (AvgIpc) is 3.23. The monoisotopic (exact) mass is 434 g/mol. The third-order valence-corrected chi connectivity index (χ3v) is 5.26. The van der Waals surface area contributed by atoms with Crippen molar-refractivity contribution in [2.75, 3.05) is 31.1 Å². The van der Waals surface area contributed by atoms with Crippen molar-refractivity contribution in [1.29, 1.82) is 0 Å². The van der Waals surface area contributed by atoms with Gasteiger partial charge in [-0.3, -0.25) is 9.36 Å². The van der Waals surface area contributed by atoms with Gasteiger partial charge in [0.25, 0.3) is 5.91 Å². The van der Waals surface area contributed by atoms with Gasteiger partial charge < -0.3 is 9.80 Å². The molecule has 1 saturated heterocycles. The molecule has 0 bridgehead atoms. The van der Waals surface area contributed by atoms with Crippen molar-refractivity contribution in [1.82, 2.24) is 14.5 Å². The van der Waals surface area contributed by atoms with Crippen molar-refractivity contribution in [3.05, 3.63) is 77.1 Å². The van der Waals surface area contributed by atoms with Crippen LogP contribution in [0, 0.1) is 0 Å². The molecule has 9 heteroatoms. The Morgan fingerprint density at radius 3 is 2.43 bits per heavy atom. The first-order valence-electron chi connectivity index (χ1n) is 9.34. The second kappa shape index (κ2) is 8.02. The number of carbonyl (C=O) groups is 1. The van der Waals surface area contributed by atoms with Crippen molar-refractivity contribution >= 4 is 23.5 Å². The van der Waals surface area contributed by atoms with Crippen LogP contribution in [0.25, 0.3) is 5.69 Å². The number of hydrogen-bond acceptors (Lipinski definition) is 3. The van der Waals surface area contributed by atoms with E-state index < -0.39 is 17.6 Å². The van der Waals surface area contributed by atoms with Gasteiger partial charge in [0.1, 0.15) is 0 Å². The minimum absolute atomic E-state index is 0.299. The van der Waals surface area contributed by atoms with Gasteiger partial charge in [-0.2, -0.15) is 13.2 Å². The molecule has 2 aromatic carbocycles. The SMILES string of the molecule is O=C(c1ccccc1C(F)(F)F)N1CCN(c2nccn2-c2cccc(Cl)c2)CC1. The molecule has 30 heavy (non-hydrogen) atoms. The predicted octanol–water partition coefficient (Wildman–Crippen LogP) is 4.51. The first kappa shape index (κ1) is 20.3. The van der Waals surface area contributed by atoms with Gasteiger partial charge in [-0.1, -0.05) is 29.8 Å². The summed E-state index contributed by atoms with van der Waals surface area (Å²) >= 11 is 6.09. The number of amides is 1. The van der Waals surface area contributed by atoms with Crippen LogP contribution in [0.5, 0.6) is 0 Å². The van der Waals surface area contributed by atoms with Crippen molar-refractivity contribution < 1.29 is 18.0 Å². The van der Waals surface area contributed by atoms with Crippen LogP contribution in [0.15, 0.2) is 60.9 Å². The Kier molecular flexibility index (Phi) is 5.42. The third-order valence-electron chi connectivity index (χ3n) is 5.02. The molecule has 2 heterocycles. The van der Waals surface area contributed by atoms with E-state index in [0.717, 1.165) is 11.8 Å². The lowest BCUT2D eigenvalue weighted by Crippen LogP contribution is -2.49. The zero-order valence-corrected chi connectivity index (χ0v) is 16.6. The Morgan fingerprint density at radius 2 is 1.73 bits per heavy atom. The molecule has 156 valence electrons. The molecule has 1 aromatic heterocycles. The molecular formula is C21H18ClF3N4O. The molecule has 1 amide bonds. The standard InChI is InChI=1S/C21H18ClF3N4O/c22-15-4-3-5-16(14-15)29-9-8-26-20(29)28-12-10-27(11-13-28)19(30)17-6-1-2-7-18(17)21(23,24)25/h1-9,14H,10-13H2. The van der Waals surface area contributed by atoms with Crippen molar-refractivity contribution in [2.24, 2.45) is 0 Å². The molecule has 0 N–H and O–H groups in total. The van der Waals surface area contributed by atoms with Gasteiger partial charge in [0.05, 0.1) is 11.1 Å². The summed E-state index contributed by atoms with van der Waals surface area (Å²) in [6.07, 6.45) is -1.08. The van der Waals surface area contributed by atoms with Crippen LogP contribution in [0.1, 0.15) is 15.9 Å². The lowest BCUT2D eigenvalue weighted by Gasteiger charge is -2.35. The van der Waals surface area contributed by atoms with Crippen LogP contribution in [0.3, 0.4) is 0 Å². The van der Waals surface area contributed by atoms with Gasteiger partial charge in [0, 0.05) is 49.3 Å². The molecule has 3 aromatic rings. The van der Waals surface area contributed by atoms with E-state index in [-0.39, 0.29) is 5.56 Å². The van der Waals surface area contributed by atoms with E-state index in [1.165, 1.54) is 23.1 Å². The van der Waals surface area contributed by atoms with Gasteiger partial charge in [0.2, 0.25) is 5.95 Å². The highest BCUT2D eigenvalue weighted by atomic mass is 35.5. The molecule has 0 aliphatic carbocycles. The molecule has 0 atom stereocenters. The minimum atomic E-state index is -4.57. The van der Waals surface area contributed by atoms with Gasteiger partial charge >= 0.3 is 6.18 Å². The molecule has 0 radical (unpaired) electrons. The highest BCUT2D eigenvalue weighted by molar-refractivity contribution is 6.30. The molecule has 4 rings (SSSR count). The third kappa shape index (κ3) is 4.00. The van der Waals surface area contributed by atoms with E-state index in [0.29, 0.717) is 37.1 Å². The molecule has 0 saturated carbocycles. The quantitative estimate of drug-likeness (QED) is 0.609. The van der Waals surface area contributed by atoms with Crippen molar-refractivity contribution in [2.45, 2.75) is 6.18 Å². The fourth-order valence-corrected chi connectivity index (χ4v) is 3.74. The largest absolute Gasteiger partial charge is 0.417 e. The lowest BCUT2D eigenvalue weighted by molar-refractivity contribution is -0.138. The molecular weight excluding hydrogens is 417 g/mol. The number of piperazine rings is 1. The van der Waals surface area contributed by atoms with E-state index in [1.807, 2.05) is 33.9 Å². The maximum atomic E-state index is 13.3. The van der Waals surface area contributed by atoms with Gasteiger partial charge in [0.15, 0.2) is 0 Å². The van der Waals surface area contributed by atoms with Gasteiger partial charge in [-0.15, -0.1) is 0 Å². The first-order valence-corrected chi connectivity index (χ1v) is 9.72. The summed E-state index contributed by atoms with van der Waals surface area (Å²) < 4.78 is 41.7. The summed E-state index contributed by atoms with van der Waals surface area (Å²) in [5.41, 5.74) is -0.375. The van der Waals surface area contributed by atoms with Gasteiger partial charge in [-0.05, 0) is 30.3 Å². The second-order valence-corrected chi connectivity index (χ2v) is 7.34. The summed E-state index contributed by atoms with van der Waals surface area (Å²) in [5.74, 6) is 0.0841.